The summed E-state index contributed by atoms with van der Waals surface area (Å²) in [5.74, 6) is 0.925. The molecule has 1 aliphatic rings. The summed E-state index contributed by atoms with van der Waals surface area (Å²) in [5, 5.41) is 6.76. The van der Waals surface area contributed by atoms with E-state index in [0.717, 1.165) is 50.2 Å². The largest absolute Gasteiger partial charge is 0.357 e. The van der Waals surface area contributed by atoms with Crippen molar-refractivity contribution < 1.29 is 0 Å². The summed E-state index contributed by atoms with van der Waals surface area (Å²) in [4.78, 5) is 11.7. The Bertz CT molecular complexity index is 511. The number of piperidine rings is 1. The van der Waals surface area contributed by atoms with Crippen LogP contribution < -0.4 is 10.6 Å². The van der Waals surface area contributed by atoms with Gasteiger partial charge in [-0.05, 0) is 64.6 Å². The van der Waals surface area contributed by atoms with E-state index in [0.29, 0.717) is 0 Å². The summed E-state index contributed by atoms with van der Waals surface area (Å²) in [6, 6.07) is 4.96. The van der Waals surface area contributed by atoms with Gasteiger partial charge in [0.25, 0.3) is 0 Å². The molecule has 0 spiro atoms. The summed E-state index contributed by atoms with van der Waals surface area (Å²) in [5.41, 5.74) is 2.32. The molecule has 0 aromatic carbocycles. The lowest BCUT2D eigenvalue weighted by Crippen LogP contribution is -2.39. The fourth-order valence-corrected chi connectivity index (χ4v) is 3.27. The van der Waals surface area contributed by atoms with Gasteiger partial charge in [-0.1, -0.05) is 12.5 Å². The Morgan fingerprint density at radius 1 is 1.32 bits per heavy atom. The van der Waals surface area contributed by atoms with Crippen LogP contribution in [0.1, 0.15) is 50.8 Å². The molecule has 1 atom stereocenters. The van der Waals surface area contributed by atoms with Gasteiger partial charge in [0.15, 0.2) is 5.96 Å². The zero-order chi connectivity index (χ0) is 17.9. The standard InChI is InChI=1S/C20H35N5/c1-4-21-20(23-13-11-19-10-9-17(2)24-16-19)22-12-7-15-25-14-6-5-8-18(25)3/h9-10,16,18H,4-8,11-15H2,1-3H3,(H2,21,22,23). The van der Waals surface area contributed by atoms with Crippen molar-refractivity contribution in [2.75, 3.05) is 32.7 Å². The monoisotopic (exact) mass is 345 g/mol. The third kappa shape index (κ3) is 7.43. The molecule has 1 aromatic heterocycles. The lowest BCUT2D eigenvalue weighted by atomic mass is 10.0. The summed E-state index contributed by atoms with van der Waals surface area (Å²) in [6.07, 6.45) is 8.14. The molecular formula is C20H35N5. The molecule has 1 aliphatic heterocycles. The molecule has 1 aromatic rings. The molecule has 1 unspecified atom stereocenters. The van der Waals surface area contributed by atoms with E-state index >= 15 is 0 Å². The topological polar surface area (TPSA) is 52.6 Å². The SMILES string of the molecule is CCNC(=NCCCN1CCCCC1C)NCCc1ccc(C)nc1. The Kier molecular flexibility index (Phi) is 8.73. The molecule has 2 rings (SSSR count). The Morgan fingerprint density at radius 2 is 2.20 bits per heavy atom. The van der Waals surface area contributed by atoms with Crippen LogP contribution >= 0.6 is 0 Å². The maximum atomic E-state index is 4.72. The lowest BCUT2D eigenvalue weighted by molar-refractivity contribution is 0.160. The number of rotatable bonds is 8. The molecule has 5 heteroatoms. The number of nitrogens with zero attached hydrogens (tertiary/aromatic N) is 3. The maximum absolute atomic E-state index is 4.72. The molecule has 25 heavy (non-hydrogen) atoms. The van der Waals surface area contributed by atoms with Gasteiger partial charge in [-0.3, -0.25) is 9.98 Å². The van der Waals surface area contributed by atoms with Crippen molar-refractivity contribution in [2.24, 2.45) is 4.99 Å². The number of hydrogen-bond donors (Lipinski definition) is 2. The molecule has 0 amide bonds. The number of aryl methyl sites for hydroxylation is 1. The molecule has 0 bridgehead atoms. The predicted octanol–water partition coefficient (Wildman–Crippen LogP) is 2.75. The molecular weight excluding hydrogens is 310 g/mol. The van der Waals surface area contributed by atoms with Gasteiger partial charge in [0.1, 0.15) is 0 Å². The summed E-state index contributed by atoms with van der Waals surface area (Å²) < 4.78 is 0. The van der Waals surface area contributed by atoms with Crippen molar-refractivity contribution in [1.29, 1.82) is 0 Å². The van der Waals surface area contributed by atoms with Crippen LogP contribution in [0.5, 0.6) is 0 Å². The minimum atomic E-state index is 0.743. The van der Waals surface area contributed by atoms with Gasteiger partial charge in [-0.15, -0.1) is 0 Å². The molecule has 1 saturated heterocycles. The summed E-state index contributed by atoms with van der Waals surface area (Å²) >= 11 is 0. The summed E-state index contributed by atoms with van der Waals surface area (Å²) in [7, 11) is 0. The van der Waals surface area contributed by atoms with Gasteiger partial charge in [0.2, 0.25) is 0 Å². The van der Waals surface area contributed by atoms with Crippen LogP contribution in [0, 0.1) is 6.92 Å². The quantitative estimate of drug-likeness (QED) is 0.432. The van der Waals surface area contributed by atoms with Crippen molar-refractivity contribution in [3.05, 3.63) is 29.6 Å². The number of aromatic nitrogens is 1. The van der Waals surface area contributed by atoms with E-state index in [1.54, 1.807) is 0 Å². The second-order valence-electron chi connectivity index (χ2n) is 6.98. The molecule has 0 aliphatic carbocycles. The van der Waals surface area contributed by atoms with E-state index in [9.17, 15) is 0 Å². The van der Waals surface area contributed by atoms with Gasteiger partial charge in [0, 0.05) is 44.1 Å². The number of nitrogens with one attached hydrogen (secondary N) is 2. The highest BCUT2D eigenvalue weighted by Crippen LogP contribution is 2.16. The number of likely N-dealkylation sites (tertiary alicyclic amines) is 1. The van der Waals surface area contributed by atoms with Gasteiger partial charge in [0.05, 0.1) is 0 Å². The smallest absolute Gasteiger partial charge is 0.191 e. The molecule has 0 saturated carbocycles. The van der Waals surface area contributed by atoms with Crippen LogP contribution in [0.4, 0.5) is 0 Å². The van der Waals surface area contributed by atoms with E-state index in [1.165, 1.54) is 37.9 Å². The fraction of sp³-hybridized carbons (Fsp3) is 0.700. The molecule has 140 valence electrons. The van der Waals surface area contributed by atoms with Crippen LogP contribution in [0.25, 0.3) is 0 Å². The zero-order valence-corrected chi connectivity index (χ0v) is 16.2. The van der Waals surface area contributed by atoms with Crippen LogP contribution in [-0.4, -0.2) is 54.6 Å². The van der Waals surface area contributed by atoms with Crippen LogP contribution in [-0.2, 0) is 6.42 Å². The lowest BCUT2D eigenvalue weighted by Gasteiger charge is -2.33. The van der Waals surface area contributed by atoms with Gasteiger partial charge >= 0.3 is 0 Å². The first-order valence-electron chi connectivity index (χ1n) is 9.87. The van der Waals surface area contributed by atoms with Crippen LogP contribution in [0.3, 0.4) is 0 Å². The first-order valence-corrected chi connectivity index (χ1v) is 9.87. The molecule has 1 fully saturated rings. The molecule has 0 radical (unpaired) electrons. The molecule has 5 nitrogen and oxygen atoms in total. The number of aliphatic imine (C=N–C) groups is 1. The zero-order valence-electron chi connectivity index (χ0n) is 16.2. The molecule has 2 N–H and O–H groups in total. The number of guanidine groups is 1. The van der Waals surface area contributed by atoms with Crippen molar-refractivity contribution in [3.8, 4) is 0 Å². The van der Waals surface area contributed by atoms with Gasteiger partial charge < -0.3 is 15.5 Å². The van der Waals surface area contributed by atoms with Crippen molar-refractivity contribution in [2.45, 2.75) is 58.9 Å². The first kappa shape index (κ1) is 19.7. The van der Waals surface area contributed by atoms with E-state index in [4.69, 9.17) is 4.99 Å². The second kappa shape index (κ2) is 11.1. The van der Waals surface area contributed by atoms with Crippen molar-refractivity contribution in [3.63, 3.8) is 0 Å². The van der Waals surface area contributed by atoms with Crippen molar-refractivity contribution >= 4 is 5.96 Å². The number of hydrogen-bond acceptors (Lipinski definition) is 3. The van der Waals surface area contributed by atoms with E-state index < -0.39 is 0 Å². The highest BCUT2D eigenvalue weighted by Gasteiger charge is 2.16. The Hall–Kier alpha value is -1.62. The normalized spacial score (nSPS) is 19.0. The average molecular weight is 346 g/mol. The Balaban J connectivity index is 1.69. The van der Waals surface area contributed by atoms with E-state index in [2.05, 4.69) is 46.5 Å². The van der Waals surface area contributed by atoms with Crippen molar-refractivity contribution in [1.82, 2.24) is 20.5 Å². The van der Waals surface area contributed by atoms with Gasteiger partial charge in [-0.25, -0.2) is 0 Å². The molecule has 2 heterocycles. The Labute approximate surface area is 153 Å². The number of pyridine rings is 1. The third-order valence-corrected chi connectivity index (χ3v) is 4.84. The predicted molar refractivity (Wildman–Crippen MR) is 106 cm³/mol. The minimum absolute atomic E-state index is 0.743. The maximum Gasteiger partial charge on any atom is 0.191 e. The van der Waals surface area contributed by atoms with Crippen LogP contribution in [0.15, 0.2) is 23.3 Å². The first-order chi connectivity index (χ1) is 12.2. The van der Waals surface area contributed by atoms with E-state index in [-0.39, 0.29) is 0 Å². The van der Waals surface area contributed by atoms with Gasteiger partial charge in [-0.2, -0.15) is 0 Å². The average Bonchev–Trinajstić information content (AvgIpc) is 2.61. The van der Waals surface area contributed by atoms with E-state index in [1.807, 2.05) is 13.1 Å². The third-order valence-electron chi connectivity index (χ3n) is 4.84. The Morgan fingerprint density at radius 3 is 2.92 bits per heavy atom. The highest BCUT2D eigenvalue weighted by atomic mass is 15.2. The highest BCUT2D eigenvalue weighted by molar-refractivity contribution is 5.79. The minimum Gasteiger partial charge on any atom is -0.357 e. The fourth-order valence-electron chi connectivity index (χ4n) is 3.27. The van der Waals surface area contributed by atoms with Crippen LogP contribution in [0.2, 0.25) is 0 Å². The second-order valence-corrected chi connectivity index (χ2v) is 6.98. The summed E-state index contributed by atoms with van der Waals surface area (Å²) in [6.45, 7) is 11.5.